The second kappa shape index (κ2) is 7.15. The lowest BCUT2D eigenvalue weighted by molar-refractivity contribution is -0.117. The minimum Gasteiger partial charge on any atom is -0.370 e. The van der Waals surface area contributed by atoms with E-state index in [0.29, 0.717) is 12.2 Å². The Morgan fingerprint density at radius 2 is 2.00 bits per heavy atom. The molecule has 76 valence electrons. The second-order valence-electron chi connectivity index (χ2n) is 2.50. The number of thiocarbonyl (C=S) groups is 1. The third-order valence-corrected chi connectivity index (χ3v) is 3.12. The fourth-order valence-corrected chi connectivity index (χ4v) is 2.24. The first kappa shape index (κ1) is 12.7. The maximum Gasteiger partial charge on any atom is 0.218 e. The van der Waals surface area contributed by atoms with Gasteiger partial charge in [-0.3, -0.25) is 4.79 Å². The molecular weight excluding hydrogens is 204 g/mol. The van der Waals surface area contributed by atoms with Crippen molar-refractivity contribution >= 4 is 34.2 Å². The first-order valence-corrected chi connectivity index (χ1v) is 5.71. The minimum atomic E-state index is -0.269. The van der Waals surface area contributed by atoms with Gasteiger partial charge in [-0.1, -0.05) is 24.0 Å². The van der Waals surface area contributed by atoms with Crippen LogP contribution in [0.2, 0.25) is 0 Å². The Morgan fingerprint density at radius 3 is 2.38 bits per heavy atom. The standard InChI is InChI=1S/C8H16N2OS2/c1-3-10(4-2)8(12)13-6-5-7(9)11/h3-6H2,1-2H3,(H2,9,11). The van der Waals surface area contributed by atoms with Crippen LogP contribution in [0.25, 0.3) is 0 Å². The van der Waals surface area contributed by atoms with Crippen LogP contribution in [0.4, 0.5) is 0 Å². The number of rotatable bonds is 5. The third-order valence-electron chi connectivity index (χ3n) is 1.60. The SMILES string of the molecule is CCN(CC)C(=S)SCCC(N)=O. The zero-order chi connectivity index (χ0) is 10.3. The molecule has 0 spiro atoms. The first-order chi connectivity index (χ1) is 6.11. The minimum absolute atomic E-state index is 0.269. The summed E-state index contributed by atoms with van der Waals surface area (Å²) in [6.07, 6.45) is 0.395. The Labute approximate surface area is 89.0 Å². The number of carbonyl (C=O) groups excluding carboxylic acids is 1. The largest absolute Gasteiger partial charge is 0.370 e. The van der Waals surface area contributed by atoms with E-state index in [1.54, 1.807) is 0 Å². The molecule has 0 radical (unpaired) electrons. The lowest BCUT2D eigenvalue weighted by atomic mass is 10.5. The van der Waals surface area contributed by atoms with Gasteiger partial charge in [-0.15, -0.1) is 0 Å². The fourth-order valence-electron chi connectivity index (χ4n) is 0.812. The van der Waals surface area contributed by atoms with Crippen LogP contribution in [-0.4, -0.2) is 34.0 Å². The van der Waals surface area contributed by atoms with Crippen molar-refractivity contribution in [1.82, 2.24) is 4.90 Å². The summed E-state index contributed by atoms with van der Waals surface area (Å²) in [5.74, 6) is 0.417. The molecule has 0 saturated carbocycles. The van der Waals surface area contributed by atoms with Gasteiger partial charge in [0.05, 0.1) is 0 Å². The normalized spacial score (nSPS) is 9.69. The number of thioether (sulfide) groups is 1. The summed E-state index contributed by atoms with van der Waals surface area (Å²) in [6.45, 7) is 5.95. The van der Waals surface area contributed by atoms with Crippen molar-refractivity contribution in [1.29, 1.82) is 0 Å². The number of carbonyl (C=O) groups is 1. The summed E-state index contributed by atoms with van der Waals surface area (Å²) in [5.41, 5.74) is 5.01. The van der Waals surface area contributed by atoms with Crippen LogP contribution in [0, 0.1) is 0 Å². The van der Waals surface area contributed by atoms with Crippen LogP contribution in [0.15, 0.2) is 0 Å². The van der Waals surface area contributed by atoms with Crippen molar-refractivity contribution in [2.75, 3.05) is 18.8 Å². The molecule has 1 amide bonds. The third kappa shape index (κ3) is 5.87. The smallest absolute Gasteiger partial charge is 0.218 e. The molecule has 0 aromatic heterocycles. The molecule has 2 N–H and O–H groups in total. The van der Waals surface area contributed by atoms with Crippen LogP contribution in [0.1, 0.15) is 20.3 Å². The molecule has 5 heteroatoms. The zero-order valence-electron chi connectivity index (χ0n) is 8.08. The first-order valence-electron chi connectivity index (χ1n) is 4.31. The predicted molar refractivity (Wildman–Crippen MR) is 61.8 cm³/mol. The van der Waals surface area contributed by atoms with Crippen LogP contribution in [-0.2, 0) is 4.79 Å². The van der Waals surface area contributed by atoms with Crippen molar-refractivity contribution in [3.8, 4) is 0 Å². The summed E-state index contributed by atoms with van der Waals surface area (Å²) in [4.78, 5) is 12.5. The van der Waals surface area contributed by atoms with Crippen molar-refractivity contribution in [2.45, 2.75) is 20.3 Å². The van der Waals surface area contributed by atoms with Gasteiger partial charge < -0.3 is 10.6 Å². The Bertz CT molecular complexity index is 181. The van der Waals surface area contributed by atoms with E-state index < -0.39 is 0 Å². The average Bonchev–Trinajstić information content (AvgIpc) is 2.05. The number of hydrogen-bond acceptors (Lipinski definition) is 3. The van der Waals surface area contributed by atoms with E-state index in [1.165, 1.54) is 11.8 Å². The molecule has 0 aliphatic rings. The van der Waals surface area contributed by atoms with Gasteiger partial charge in [-0.2, -0.15) is 0 Å². The molecule has 0 fully saturated rings. The maximum absolute atomic E-state index is 10.4. The van der Waals surface area contributed by atoms with E-state index in [1.807, 2.05) is 0 Å². The Hall–Kier alpha value is -0.290. The number of nitrogens with two attached hydrogens (primary N) is 1. The quantitative estimate of drug-likeness (QED) is 0.708. The van der Waals surface area contributed by atoms with Crippen molar-refractivity contribution in [3.05, 3.63) is 0 Å². The molecule has 0 aromatic rings. The number of nitrogens with zero attached hydrogens (tertiary/aromatic N) is 1. The molecular formula is C8H16N2OS2. The van der Waals surface area contributed by atoms with Gasteiger partial charge in [-0.05, 0) is 13.8 Å². The van der Waals surface area contributed by atoms with Crippen LogP contribution in [0.5, 0.6) is 0 Å². The predicted octanol–water partition coefficient (Wildman–Crippen LogP) is 1.22. The van der Waals surface area contributed by atoms with Gasteiger partial charge in [0.1, 0.15) is 4.32 Å². The van der Waals surface area contributed by atoms with E-state index in [9.17, 15) is 4.79 Å². The van der Waals surface area contributed by atoms with Gasteiger partial charge in [0, 0.05) is 25.3 Å². The molecule has 0 rings (SSSR count). The summed E-state index contributed by atoms with van der Waals surface area (Å²) in [6, 6.07) is 0. The highest BCUT2D eigenvalue weighted by Gasteiger charge is 2.05. The van der Waals surface area contributed by atoms with Gasteiger partial charge in [-0.25, -0.2) is 0 Å². The Balaban J connectivity index is 3.66. The van der Waals surface area contributed by atoms with Crippen molar-refractivity contribution in [3.63, 3.8) is 0 Å². The molecule has 0 saturated heterocycles. The summed E-state index contributed by atoms with van der Waals surface area (Å²) >= 11 is 6.68. The lowest BCUT2D eigenvalue weighted by Gasteiger charge is -2.20. The number of hydrogen-bond donors (Lipinski definition) is 1. The lowest BCUT2D eigenvalue weighted by Crippen LogP contribution is -2.27. The van der Waals surface area contributed by atoms with Crippen molar-refractivity contribution in [2.24, 2.45) is 5.73 Å². The highest BCUT2D eigenvalue weighted by Crippen LogP contribution is 2.09. The van der Waals surface area contributed by atoms with Crippen LogP contribution >= 0.6 is 24.0 Å². The molecule has 0 aliphatic heterocycles. The number of amides is 1. The fraction of sp³-hybridized carbons (Fsp3) is 0.750. The van der Waals surface area contributed by atoms with Gasteiger partial charge in [0.25, 0.3) is 0 Å². The zero-order valence-corrected chi connectivity index (χ0v) is 9.71. The molecule has 0 unspecified atom stereocenters. The van der Waals surface area contributed by atoms with E-state index in [0.717, 1.165) is 17.4 Å². The highest BCUT2D eigenvalue weighted by molar-refractivity contribution is 8.22. The summed E-state index contributed by atoms with van der Waals surface area (Å²) in [5, 5.41) is 0. The maximum atomic E-state index is 10.4. The Kier molecular flexibility index (Phi) is 6.99. The highest BCUT2D eigenvalue weighted by atomic mass is 32.2. The molecule has 0 bridgehead atoms. The van der Waals surface area contributed by atoms with E-state index in [4.69, 9.17) is 18.0 Å². The van der Waals surface area contributed by atoms with Crippen LogP contribution < -0.4 is 5.73 Å². The van der Waals surface area contributed by atoms with Gasteiger partial charge in [0.15, 0.2) is 0 Å². The molecule has 3 nitrogen and oxygen atoms in total. The van der Waals surface area contributed by atoms with E-state index >= 15 is 0 Å². The van der Waals surface area contributed by atoms with E-state index in [-0.39, 0.29) is 5.91 Å². The molecule has 0 heterocycles. The molecule has 13 heavy (non-hydrogen) atoms. The topological polar surface area (TPSA) is 46.3 Å². The van der Waals surface area contributed by atoms with E-state index in [2.05, 4.69) is 18.7 Å². The Morgan fingerprint density at radius 1 is 1.46 bits per heavy atom. The molecule has 0 atom stereocenters. The average molecular weight is 220 g/mol. The molecule has 0 aromatic carbocycles. The monoisotopic (exact) mass is 220 g/mol. The second-order valence-corrected chi connectivity index (χ2v) is 4.23. The number of primary amides is 1. The van der Waals surface area contributed by atoms with Crippen molar-refractivity contribution < 1.29 is 4.79 Å². The van der Waals surface area contributed by atoms with Gasteiger partial charge in [0.2, 0.25) is 5.91 Å². The van der Waals surface area contributed by atoms with Crippen LogP contribution in [0.3, 0.4) is 0 Å². The summed E-state index contributed by atoms with van der Waals surface area (Å²) < 4.78 is 0.853. The molecule has 0 aliphatic carbocycles. The van der Waals surface area contributed by atoms with Gasteiger partial charge >= 0.3 is 0 Å². The summed E-state index contributed by atoms with van der Waals surface area (Å²) in [7, 11) is 0.